The first-order valence-electron chi connectivity index (χ1n) is 6.65. The van der Waals surface area contributed by atoms with Crippen molar-refractivity contribution in [3.8, 4) is 0 Å². The number of thiophene rings is 1. The van der Waals surface area contributed by atoms with Crippen molar-refractivity contribution in [2.45, 2.75) is 12.8 Å². The van der Waals surface area contributed by atoms with Gasteiger partial charge >= 0.3 is 0 Å². The van der Waals surface area contributed by atoms with Crippen molar-refractivity contribution in [3.63, 3.8) is 0 Å². The lowest BCUT2D eigenvalue weighted by molar-refractivity contribution is 0.571. The molecule has 0 fully saturated rings. The van der Waals surface area contributed by atoms with Crippen LogP contribution in [-0.4, -0.2) is 19.0 Å². The van der Waals surface area contributed by atoms with E-state index in [-0.39, 0.29) is 24.0 Å². The molecule has 2 aromatic rings. The van der Waals surface area contributed by atoms with Gasteiger partial charge in [-0.25, -0.2) is 8.78 Å². The topological polar surface area (TPSA) is 50.4 Å². The van der Waals surface area contributed by atoms with E-state index in [1.54, 1.807) is 11.3 Å². The molecular weight excluding hydrogens is 419 g/mol. The van der Waals surface area contributed by atoms with E-state index >= 15 is 0 Å². The van der Waals surface area contributed by atoms with Crippen molar-refractivity contribution in [3.05, 3.63) is 57.8 Å². The minimum Gasteiger partial charge on any atom is -0.370 e. The Kier molecular flexibility index (Phi) is 8.32. The van der Waals surface area contributed by atoms with Crippen LogP contribution < -0.4 is 11.1 Å². The monoisotopic (exact) mass is 437 g/mol. The van der Waals surface area contributed by atoms with Gasteiger partial charge in [0.15, 0.2) is 5.96 Å². The smallest absolute Gasteiger partial charge is 0.188 e. The number of nitrogens with zero attached hydrogens (tertiary/aromatic N) is 1. The van der Waals surface area contributed by atoms with Crippen LogP contribution in [0.1, 0.15) is 10.4 Å². The first-order chi connectivity index (χ1) is 10.1. The van der Waals surface area contributed by atoms with Crippen LogP contribution in [-0.2, 0) is 12.8 Å². The van der Waals surface area contributed by atoms with Crippen LogP contribution in [0.15, 0.2) is 40.7 Å². The second kappa shape index (κ2) is 9.73. The zero-order valence-corrected chi connectivity index (χ0v) is 15.0. The standard InChI is InChI=1S/C15H17F2N3S.HI/c16-12-4-3-11(14(17)10-12)5-7-19-15(18)20-8-6-13-2-1-9-21-13;/h1-4,9-10H,5-8H2,(H3,18,19,20);1H. The lowest BCUT2D eigenvalue weighted by Gasteiger charge is -2.06. The van der Waals surface area contributed by atoms with E-state index in [9.17, 15) is 8.78 Å². The van der Waals surface area contributed by atoms with Crippen LogP contribution in [0.25, 0.3) is 0 Å². The van der Waals surface area contributed by atoms with E-state index in [1.807, 2.05) is 11.4 Å². The molecule has 1 aromatic carbocycles. The Bertz CT molecular complexity index is 603. The summed E-state index contributed by atoms with van der Waals surface area (Å²) in [6.45, 7) is 1.07. The number of guanidine groups is 1. The van der Waals surface area contributed by atoms with Gasteiger partial charge in [0.25, 0.3) is 0 Å². The van der Waals surface area contributed by atoms with Gasteiger partial charge in [0.05, 0.1) is 0 Å². The van der Waals surface area contributed by atoms with Crippen molar-refractivity contribution < 1.29 is 8.78 Å². The molecule has 0 aliphatic rings. The van der Waals surface area contributed by atoms with Gasteiger partial charge in [-0.15, -0.1) is 35.3 Å². The number of halogens is 3. The van der Waals surface area contributed by atoms with Gasteiger partial charge < -0.3 is 11.1 Å². The highest BCUT2D eigenvalue weighted by Gasteiger charge is 2.03. The van der Waals surface area contributed by atoms with E-state index in [4.69, 9.17) is 5.73 Å². The molecule has 0 aliphatic heterocycles. The summed E-state index contributed by atoms with van der Waals surface area (Å²) in [6, 6.07) is 7.63. The number of rotatable bonds is 6. The Labute approximate surface area is 149 Å². The van der Waals surface area contributed by atoms with Crippen LogP contribution >= 0.6 is 35.3 Å². The molecule has 0 aliphatic carbocycles. The van der Waals surface area contributed by atoms with Crippen molar-refractivity contribution in [1.29, 1.82) is 0 Å². The van der Waals surface area contributed by atoms with Crippen LogP contribution in [0.2, 0.25) is 0 Å². The van der Waals surface area contributed by atoms with Crippen molar-refractivity contribution in [1.82, 2.24) is 5.32 Å². The second-order valence-corrected chi connectivity index (χ2v) is 5.54. The average molecular weight is 437 g/mol. The molecule has 0 atom stereocenters. The Hall–Kier alpha value is -1.22. The molecule has 0 saturated heterocycles. The lowest BCUT2D eigenvalue weighted by atomic mass is 10.1. The van der Waals surface area contributed by atoms with Gasteiger partial charge in [-0.3, -0.25) is 4.99 Å². The zero-order chi connectivity index (χ0) is 15.1. The highest BCUT2D eigenvalue weighted by molar-refractivity contribution is 14.0. The predicted molar refractivity (Wildman–Crippen MR) is 98.0 cm³/mol. The zero-order valence-electron chi connectivity index (χ0n) is 11.9. The van der Waals surface area contributed by atoms with E-state index in [1.165, 1.54) is 17.0 Å². The summed E-state index contributed by atoms with van der Waals surface area (Å²) >= 11 is 1.69. The quantitative estimate of drug-likeness (QED) is 0.414. The Morgan fingerprint density at radius 1 is 1.23 bits per heavy atom. The molecule has 0 spiro atoms. The maximum absolute atomic E-state index is 13.4. The van der Waals surface area contributed by atoms with Gasteiger partial charge in [0.1, 0.15) is 11.6 Å². The highest BCUT2D eigenvalue weighted by Crippen LogP contribution is 2.10. The first kappa shape index (κ1) is 18.8. The number of aliphatic imine (C=N–C) groups is 1. The molecule has 0 radical (unpaired) electrons. The van der Waals surface area contributed by atoms with E-state index in [0.717, 1.165) is 12.5 Å². The molecule has 7 heteroatoms. The van der Waals surface area contributed by atoms with Crippen molar-refractivity contribution in [2.75, 3.05) is 13.1 Å². The molecule has 0 amide bonds. The van der Waals surface area contributed by atoms with Crippen LogP contribution in [0, 0.1) is 11.6 Å². The Morgan fingerprint density at radius 2 is 2.05 bits per heavy atom. The maximum atomic E-state index is 13.4. The largest absolute Gasteiger partial charge is 0.370 e. The summed E-state index contributed by atoms with van der Waals surface area (Å²) in [5.41, 5.74) is 6.18. The summed E-state index contributed by atoms with van der Waals surface area (Å²) in [7, 11) is 0. The van der Waals surface area contributed by atoms with E-state index in [2.05, 4.69) is 16.4 Å². The Balaban J connectivity index is 0.00000242. The van der Waals surface area contributed by atoms with E-state index < -0.39 is 11.6 Å². The van der Waals surface area contributed by atoms with Crippen molar-refractivity contribution >= 4 is 41.3 Å². The van der Waals surface area contributed by atoms with E-state index in [0.29, 0.717) is 31.0 Å². The molecule has 2 rings (SSSR count). The number of benzene rings is 1. The Morgan fingerprint density at radius 3 is 2.73 bits per heavy atom. The molecular formula is C15H18F2IN3S. The fourth-order valence-corrected chi connectivity index (χ4v) is 2.55. The third kappa shape index (κ3) is 6.27. The lowest BCUT2D eigenvalue weighted by Crippen LogP contribution is -2.33. The summed E-state index contributed by atoms with van der Waals surface area (Å²) < 4.78 is 26.2. The van der Waals surface area contributed by atoms with Gasteiger partial charge in [-0.05, 0) is 29.5 Å². The van der Waals surface area contributed by atoms with Crippen LogP contribution in [0.4, 0.5) is 8.78 Å². The fraction of sp³-hybridized carbons (Fsp3) is 0.267. The number of hydrogen-bond donors (Lipinski definition) is 2. The minimum atomic E-state index is -0.570. The summed E-state index contributed by atoms with van der Waals surface area (Å²) in [4.78, 5) is 5.47. The predicted octanol–water partition coefficient (Wildman–Crippen LogP) is 3.33. The second-order valence-electron chi connectivity index (χ2n) is 4.51. The van der Waals surface area contributed by atoms with Crippen LogP contribution in [0.5, 0.6) is 0 Å². The fourth-order valence-electron chi connectivity index (χ4n) is 1.85. The first-order valence-corrected chi connectivity index (χ1v) is 7.53. The average Bonchev–Trinajstić information content (AvgIpc) is 2.94. The van der Waals surface area contributed by atoms with Gasteiger partial charge in [-0.2, -0.15) is 0 Å². The van der Waals surface area contributed by atoms with Crippen molar-refractivity contribution in [2.24, 2.45) is 10.7 Å². The molecule has 0 saturated carbocycles. The summed E-state index contributed by atoms with van der Waals surface area (Å²) in [5, 5.41) is 4.95. The summed E-state index contributed by atoms with van der Waals surface area (Å²) in [5.74, 6) is -0.766. The highest BCUT2D eigenvalue weighted by atomic mass is 127. The third-order valence-corrected chi connectivity index (χ3v) is 3.87. The molecule has 120 valence electrons. The maximum Gasteiger partial charge on any atom is 0.188 e. The SMILES string of the molecule is I.NC(=NCCc1cccs1)NCCc1ccc(F)cc1F. The molecule has 22 heavy (non-hydrogen) atoms. The molecule has 1 heterocycles. The van der Waals surface area contributed by atoms with Gasteiger partial charge in [0.2, 0.25) is 0 Å². The van der Waals surface area contributed by atoms with Gasteiger partial charge in [-0.1, -0.05) is 12.1 Å². The molecule has 3 N–H and O–H groups in total. The van der Waals surface area contributed by atoms with Gasteiger partial charge in [0, 0.05) is 30.5 Å². The number of hydrogen-bond acceptors (Lipinski definition) is 2. The molecule has 1 aromatic heterocycles. The molecule has 0 bridgehead atoms. The summed E-state index contributed by atoms with van der Waals surface area (Å²) in [6.07, 6.45) is 1.28. The van der Waals surface area contributed by atoms with Crippen LogP contribution in [0.3, 0.4) is 0 Å². The minimum absolute atomic E-state index is 0. The third-order valence-electron chi connectivity index (χ3n) is 2.94. The molecule has 0 unspecified atom stereocenters. The molecule has 3 nitrogen and oxygen atoms in total. The normalized spacial score (nSPS) is 11.1. The number of nitrogens with two attached hydrogens (primary N) is 1. The number of nitrogens with one attached hydrogen (secondary N) is 1.